The molecule has 0 radical (unpaired) electrons. The van der Waals surface area contributed by atoms with Crippen LogP contribution in [0.3, 0.4) is 0 Å². The average molecular weight is 431 g/mol. The van der Waals surface area contributed by atoms with E-state index in [0.29, 0.717) is 18.2 Å². The first-order chi connectivity index (χ1) is 15.5. The first kappa shape index (κ1) is 20.9. The largest absolute Gasteiger partial charge is 0.325 e. The van der Waals surface area contributed by atoms with Gasteiger partial charge in [0.05, 0.1) is 30.2 Å². The summed E-state index contributed by atoms with van der Waals surface area (Å²) in [6.45, 7) is 1.50. The number of anilines is 1. The molecule has 2 amide bonds. The van der Waals surface area contributed by atoms with Crippen molar-refractivity contribution in [2.75, 3.05) is 32.1 Å². The van der Waals surface area contributed by atoms with E-state index in [-0.39, 0.29) is 22.9 Å². The number of nitrogens with zero attached hydrogens (tertiary/aromatic N) is 6. The maximum Gasteiger partial charge on any atom is 0.325 e. The van der Waals surface area contributed by atoms with Crippen LogP contribution < -0.4 is 4.90 Å². The number of nitriles is 1. The highest BCUT2D eigenvalue weighted by atomic mass is 16.2. The van der Waals surface area contributed by atoms with E-state index >= 15 is 0 Å². The van der Waals surface area contributed by atoms with Gasteiger partial charge in [0.15, 0.2) is 0 Å². The molecule has 3 fully saturated rings. The van der Waals surface area contributed by atoms with Crippen LogP contribution in [0.15, 0.2) is 42.7 Å². The highest BCUT2D eigenvalue weighted by molar-refractivity contribution is 5.95. The summed E-state index contributed by atoms with van der Waals surface area (Å²) in [7, 11) is 4.35. The third kappa shape index (κ3) is 3.43. The summed E-state index contributed by atoms with van der Waals surface area (Å²) in [6.07, 6.45) is 9.59. The Morgan fingerprint density at radius 1 is 1.09 bits per heavy atom. The van der Waals surface area contributed by atoms with Crippen molar-refractivity contribution in [1.82, 2.24) is 19.8 Å². The van der Waals surface area contributed by atoms with Crippen LogP contribution in [0, 0.1) is 17.2 Å². The van der Waals surface area contributed by atoms with Gasteiger partial charge in [-0.05, 0) is 64.1 Å². The molecule has 0 unspecified atom stereocenters. The van der Waals surface area contributed by atoms with Crippen LogP contribution in [0.5, 0.6) is 0 Å². The molecule has 1 spiro atoms. The Kier molecular flexibility index (Phi) is 5.13. The predicted octanol–water partition coefficient (Wildman–Crippen LogP) is 3.77. The van der Waals surface area contributed by atoms with Crippen LogP contribution in [0.25, 0.3) is 0 Å². The Hall–Kier alpha value is -2.98. The summed E-state index contributed by atoms with van der Waals surface area (Å²) in [5.74, 6) is 0.754. The third-order valence-electron chi connectivity index (χ3n) is 7.85. The SMILES string of the molecule is CN(C)[C@]1(c2ccccc2)CC[C@@]2(CC1)CN(c1cnc(C#N)nc1)C(=O)N2CC1CC1. The molecule has 0 N–H and O–H groups in total. The number of carbonyl (C=O) groups is 1. The molecule has 3 aliphatic rings. The van der Waals surface area contributed by atoms with Gasteiger partial charge in [0.2, 0.25) is 5.82 Å². The highest BCUT2D eigenvalue weighted by Gasteiger charge is 2.55. The molecule has 5 rings (SSSR count). The first-order valence-electron chi connectivity index (χ1n) is 11.5. The second-order valence-electron chi connectivity index (χ2n) is 9.82. The number of hydrogen-bond donors (Lipinski definition) is 0. The molecule has 7 nitrogen and oxygen atoms in total. The van der Waals surface area contributed by atoms with E-state index in [4.69, 9.17) is 5.26 Å². The summed E-state index contributed by atoms with van der Waals surface area (Å²) in [5.41, 5.74) is 1.86. The van der Waals surface area contributed by atoms with Crippen molar-refractivity contribution in [3.63, 3.8) is 0 Å². The molecule has 32 heavy (non-hydrogen) atoms. The Morgan fingerprint density at radius 3 is 2.31 bits per heavy atom. The van der Waals surface area contributed by atoms with Gasteiger partial charge < -0.3 is 4.90 Å². The van der Waals surface area contributed by atoms with Gasteiger partial charge in [0, 0.05) is 12.1 Å². The number of amides is 2. The van der Waals surface area contributed by atoms with Crippen molar-refractivity contribution in [1.29, 1.82) is 5.26 Å². The molecule has 2 heterocycles. The molecule has 7 heteroatoms. The zero-order valence-electron chi connectivity index (χ0n) is 18.9. The van der Waals surface area contributed by atoms with Gasteiger partial charge in [0.25, 0.3) is 0 Å². The molecular weight excluding hydrogens is 400 g/mol. The Bertz CT molecular complexity index is 1020. The Labute approximate surface area is 189 Å². The zero-order valence-corrected chi connectivity index (χ0v) is 18.9. The number of aromatic nitrogens is 2. The van der Waals surface area contributed by atoms with Gasteiger partial charge in [-0.2, -0.15) is 5.26 Å². The predicted molar refractivity (Wildman–Crippen MR) is 122 cm³/mol. The maximum atomic E-state index is 13.6. The Morgan fingerprint density at radius 2 is 1.75 bits per heavy atom. The van der Waals surface area contributed by atoms with Gasteiger partial charge >= 0.3 is 6.03 Å². The molecule has 0 bridgehead atoms. The molecule has 1 saturated heterocycles. The average Bonchev–Trinajstić information content (AvgIpc) is 3.62. The minimum atomic E-state index is -0.165. The molecule has 2 aliphatic carbocycles. The first-order valence-corrected chi connectivity index (χ1v) is 11.5. The maximum absolute atomic E-state index is 13.6. The standard InChI is InChI=1S/C25H30N6O/c1-29(2)25(20-6-4-3-5-7-20)12-10-24(11-13-25)18-30(21-15-27-22(14-26)28-16-21)23(32)31(24)17-19-8-9-19/h3-7,15-16,19H,8-13,17-18H2,1-2H3/t24-,25-. The van der Waals surface area contributed by atoms with E-state index in [1.165, 1.54) is 18.4 Å². The summed E-state index contributed by atoms with van der Waals surface area (Å²) < 4.78 is 0. The summed E-state index contributed by atoms with van der Waals surface area (Å²) >= 11 is 0. The minimum Gasteiger partial charge on any atom is -0.317 e. The van der Waals surface area contributed by atoms with Crippen molar-refractivity contribution < 1.29 is 4.79 Å². The van der Waals surface area contributed by atoms with E-state index in [0.717, 1.165) is 32.2 Å². The molecule has 1 aromatic heterocycles. The molecule has 1 aliphatic heterocycles. The van der Waals surface area contributed by atoms with Crippen LogP contribution >= 0.6 is 0 Å². The zero-order chi connectivity index (χ0) is 22.3. The van der Waals surface area contributed by atoms with E-state index in [1.807, 2.05) is 11.0 Å². The molecule has 2 aromatic rings. The summed E-state index contributed by atoms with van der Waals surface area (Å²) in [4.78, 5) is 28.1. The van der Waals surface area contributed by atoms with Crippen molar-refractivity contribution >= 4 is 11.7 Å². The van der Waals surface area contributed by atoms with E-state index < -0.39 is 0 Å². The summed E-state index contributed by atoms with van der Waals surface area (Å²) in [6, 6.07) is 12.8. The molecule has 166 valence electrons. The third-order valence-corrected chi connectivity index (χ3v) is 7.85. The second-order valence-corrected chi connectivity index (χ2v) is 9.82. The quantitative estimate of drug-likeness (QED) is 0.722. The van der Waals surface area contributed by atoms with E-state index in [1.54, 1.807) is 12.4 Å². The fourth-order valence-electron chi connectivity index (χ4n) is 5.65. The van der Waals surface area contributed by atoms with E-state index in [2.05, 4.69) is 64.2 Å². The second kappa shape index (κ2) is 7.86. The van der Waals surface area contributed by atoms with Crippen LogP contribution in [-0.2, 0) is 5.54 Å². The minimum absolute atomic E-state index is 0.00815. The lowest BCUT2D eigenvalue weighted by molar-refractivity contribution is 0.0249. The van der Waals surface area contributed by atoms with E-state index in [9.17, 15) is 4.79 Å². The highest BCUT2D eigenvalue weighted by Crippen LogP contribution is 2.50. The lowest BCUT2D eigenvalue weighted by Gasteiger charge is -2.51. The topological polar surface area (TPSA) is 76.4 Å². The smallest absolute Gasteiger partial charge is 0.317 e. The van der Waals surface area contributed by atoms with Crippen LogP contribution in [0.1, 0.15) is 49.9 Å². The fourth-order valence-corrected chi connectivity index (χ4v) is 5.65. The van der Waals surface area contributed by atoms with Gasteiger partial charge in [0.1, 0.15) is 6.07 Å². The molecule has 2 saturated carbocycles. The molecule has 1 aromatic carbocycles. The van der Waals surface area contributed by atoms with Gasteiger partial charge in [-0.25, -0.2) is 14.8 Å². The van der Waals surface area contributed by atoms with Gasteiger partial charge in [-0.3, -0.25) is 9.80 Å². The van der Waals surface area contributed by atoms with Crippen LogP contribution in [0.2, 0.25) is 0 Å². The number of hydrogen-bond acceptors (Lipinski definition) is 5. The number of rotatable bonds is 5. The molecular formula is C25H30N6O. The Balaban J connectivity index is 1.44. The lowest BCUT2D eigenvalue weighted by Crippen LogP contribution is -2.55. The van der Waals surface area contributed by atoms with Crippen molar-refractivity contribution in [2.24, 2.45) is 5.92 Å². The number of urea groups is 1. The van der Waals surface area contributed by atoms with Gasteiger partial charge in [-0.1, -0.05) is 30.3 Å². The van der Waals surface area contributed by atoms with Crippen molar-refractivity contribution in [3.05, 3.63) is 54.1 Å². The monoisotopic (exact) mass is 430 g/mol. The van der Waals surface area contributed by atoms with Gasteiger partial charge in [-0.15, -0.1) is 0 Å². The van der Waals surface area contributed by atoms with Crippen molar-refractivity contribution in [2.45, 2.75) is 49.6 Å². The summed E-state index contributed by atoms with van der Waals surface area (Å²) in [5, 5.41) is 9.01. The number of carbonyl (C=O) groups excluding carboxylic acids is 1. The lowest BCUT2D eigenvalue weighted by atomic mass is 9.68. The normalized spacial score (nSPS) is 27.9. The van der Waals surface area contributed by atoms with Crippen molar-refractivity contribution in [3.8, 4) is 6.07 Å². The molecule has 0 atom stereocenters. The number of benzene rings is 1. The van der Waals surface area contributed by atoms with Crippen LogP contribution in [0.4, 0.5) is 10.5 Å². The van der Waals surface area contributed by atoms with Crippen LogP contribution in [-0.4, -0.2) is 58.5 Å². The fraction of sp³-hybridized carbons (Fsp3) is 0.520.